The van der Waals surface area contributed by atoms with E-state index in [0.29, 0.717) is 29.2 Å². The van der Waals surface area contributed by atoms with Crippen LogP contribution in [0.3, 0.4) is 0 Å². The fourth-order valence-corrected chi connectivity index (χ4v) is 3.76. The van der Waals surface area contributed by atoms with Crippen LogP contribution in [0.15, 0.2) is 54.1 Å². The Labute approximate surface area is 176 Å². The van der Waals surface area contributed by atoms with Gasteiger partial charge in [-0.15, -0.1) is 0 Å². The molecule has 3 rings (SSSR count). The molecule has 0 saturated carbocycles. The Morgan fingerprint density at radius 3 is 2.33 bits per heavy atom. The van der Waals surface area contributed by atoms with Crippen LogP contribution in [0.25, 0.3) is 5.76 Å². The number of ether oxygens (including phenoxy) is 2. The number of ketones is 1. The largest absolute Gasteiger partial charge is 0.507 e. The third kappa shape index (κ3) is 4.03. The molecular formula is C24H27NO5. The zero-order valence-electron chi connectivity index (χ0n) is 17.6. The van der Waals surface area contributed by atoms with Crippen molar-refractivity contribution in [2.75, 3.05) is 20.8 Å². The van der Waals surface area contributed by atoms with Crippen molar-refractivity contribution in [3.05, 3.63) is 65.2 Å². The molecule has 1 N–H and O–H groups in total. The summed E-state index contributed by atoms with van der Waals surface area (Å²) >= 11 is 0. The van der Waals surface area contributed by atoms with Gasteiger partial charge in [0, 0.05) is 17.7 Å². The van der Waals surface area contributed by atoms with Crippen LogP contribution in [-0.2, 0) is 9.59 Å². The maximum absolute atomic E-state index is 13.0. The fourth-order valence-electron chi connectivity index (χ4n) is 3.76. The summed E-state index contributed by atoms with van der Waals surface area (Å²) in [6.07, 6.45) is 2.72. The lowest BCUT2D eigenvalue weighted by molar-refractivity contribution is -0.139. The van der Waals surface area contributed by atoms with Gasteiger partial charge in [0.2, 0.25) is 0 Å². The monoisotopic (exact) mass is 409 g/mol. The summed E-state index contributed by atoms with van der Waals surface area (Å²) in [5.74, 6) is -0.295. The van der Waals surface area contributed by atoms with Gasteiger partial charge < -0.3 is 19.5 Å². The highest BCUT2D eigenvalue weighted by Gasteiger charge is 2.46. The van der Waals surface area contributed by atoms with Crippen LogP contribution in [-0.4, -0.2) is 42.5 Å². The molecule has 30 heavy (non-hydrogen) atoms. The molecule has 0 bridgehead atoms. The van der Waals surface area contributed by atoms with E-state index in [1.807, 2.05) is 18.2 Å². The molecule has 6 nitrogen and oxygen atoms in total. The first-order valence-corrected chi connectivity index (χ1v) is 10.1. The number of aliphatic hydroxyl groups is 1. The minimum absolute atomic E-state index is 0.0752. The van der Waals surface area contributed by atoms with Crippen LogP contribution in [0.5, 0.6) is 11.5 Å². The molecule has 1 saturated heterocycles. The molecule has 1 aliphatic heterocycles. The van der Waals surface area contributed by atoms with Crippen LogP contribution in [0.1, 0.15) is 43.4 Å². The molecule has 1 amide bonds. The van der Waals surface area contributed by atoms with Gasteiger partial charge in [-0.3, -0.25) is 9.59 Å². The molecule has 1 fully saturated rings. The van der Waals surface area contributed by atoms with Gasteiger partial charge in [-0.05, 0) is 36.8 Å². The Morgan fingerprint density at radius 2 is 1.70 bits per heavy atom. The first kappa shape index (κ1) is 21.4. The molecule has 1 aliphatic rings. The molecular weight excluding hydrogens is 382 g/mol. The SMILES string of the molecule is CCCCCN1C(=O)C(=O)/C(=C(\O)c2ccc(OC)cc2)C1c1ccccc1OC. The van der Waals surface area contributed by atoms with Gasteiger partial charge in [-0.2, -0.15) is 0 Å². The van der Waals surface area contributed by atoms with E-state index in [9.17, 15) is 14.7 Å². The van der Waals surface area contributed by atoms with Gasteiger partial charge in [-0.25, -0.2) is 0 Å². The summed E-state index contributed by atoms with van der Waals surface area (Å²) in [5.41, 5.74) is 1.19. The normalized spacial score (nSPS) is 18.0. The van der Waals surface area contributed by atoms with Crippen molar-refractivity contribution in [1.29, 1.82) is 0 Å². The van der Waals surface area contributed by atoms with Gasteiger partial charge in [0.25, 0.3) is 11.7 Å². The third-order valence-corrected chi connectivity index (χ3v) is 5.34. The van der Waals surface area contributed by atoms with Crippen LogP contribution in [0.2, 0.25) is 0 Å². The van der Waals surface area contributed by atoms with E-state index in [2.05, 4.69) is 6.92 Å². The van der Waals surface area contributed by atoms with Crippen LogP contribution < -0.4 is 9.47 Å². The number of para-hydroxylation sites is 1. The van der Waals surface area contributed by atoms with E-state index in [0.717, 1.165) is 19.3 Å². The highest BCUT2D eigenvalue weighted by atomic mass is 16.5. The minimum Gasteiger partial charge on any atom is -0.507 e. The predicted octanol–water partition coefficient (Wildman–Crippen LogP) is 4.32. The number of benzene rings is 2. The summed E-state index contributed by atoms with van der Waals surface area (Å²) in [7, 11) is 3.10. The number of carbonyl (C=O) groups excluding carboxylic acids is 2. The van der Waals surface area contributed by atoms with E-state index < -0.39 is 17.7 Å². The summed E-state index contributed by atoms with van der Waals surface area (Å²) in [6.45, 7) is 2.51. The first-order valence-electron chi connectivity index (χ1n) is 10.1. The molecule has 2 aromatic rings. The van der Waals surface area contributed by atoms with Crippen LogP contribution in [0, 0.1) is 0 Å². The lowest BCUT2D eigenvalue weighted by Crippen LogP contribution is -2.30. The number of methoxy groups -OCH3 is 2. The number of Topliss-reactive ketones (excluding diaryl/α,β-unsaturated/α-hetero) is 1. The number of amides is 1. The zero-order chi connectivity index (χ0) is 21.7. The average molecular weight is 409 g/mol. The summed E-state index contributed by atoms with van der Waals surface area (Å²) < 4.78 is 10.7. The van der Waals surface area contributed by atoms with Crippen molar-refractivity contribution in [3.63, 3.8) is 0 Å². The number of hydrogen-bond acceptors (Lipinski definition) is 5. The van der Waals surface area contributed by atoms with E-state index in [4.69, 9.17) is 9.47 Å². The zero-order valence-corrected chi connectivity index (χ0v) is 17.6. The van der Waals surface area contributed by atoms with Crippen molar-refractivity contribution in [1.82, 2.24) is 4.90 Å². The van der Waals surface area contributed by atoms with Crippen molar-refractivity contribution >= 4 is 17.4 Å². The number of hydrogen-bond donors (Lipinski definition) is 1. The second-order valence-corrected chi connectivity index (χ2v) is 7.17. The topological polar surface area (TPSA) is 76.1 Å². The Balaban J connectivity index is 2.14. The lowest BCUT2D eigenvalue weighted by atomic mass is 9.94. The Kier molecular flexibility index (Phi) is 6.77. The molecule has 1 atom stereocenters. The quantitative estimate of drug-likeness (QED) is 0.304. The number of rotatable bonds is 8. The number of aliphatic hydroxyl groups excluding tert-OH is 1. The van der Waals surface area contributed by atoms with E-state index in [-0.39, 0.29) is 11.3 Å². The highest BCUT2D eigenvalue weighted by Crippen LogP contribution is 2.42. The fraction of sp³-hybridized carbons (Fsp3) is 0.333. The molecule has 0 aromatic heterocycles. The summed E-state index contributed by atoms with van der Waals surface area (Å²) in [4.78, 5) is 27.4. The predicted molar refractivity (Wildman–Crippen MR) is 115 cm³/mol. The number of nitrogens with zero attached hydrogens (tertiary/aromatic N) is 1. The second kappa shape index (κ2) is 9.48. The first-order chi connectivity index (χ1) is 14.5. The molecule has 158 valence electrons. The average Bonchev–Trinajstić information content (AvgIpc) is 3.03. The van der Waals surface area contributed by atoms with E-state index in [1.54, 1.807) is 49.5 Å². The lowest BCUT2D eigenvalue weighted by Gasteiger charge is -2.26. The molecule has 6 heteroatoms. The maximum Gasteiger partial charge on any atom is 0.295 e. The van der Waals surface area contributed by atoms with E-state index >= 15 is 0 Å². The van der Waals surface area contributed by atoms with Gasteiger partial charge in [0.15, 0.2) is 0 Å². The highest BCUT2D eigenvalue weighted by molar-refractivity contribution is 6.46. The van der Waals surface area contributed by atoms with Crippen molar-refractivity contribution in [3.8, 4) is 11.5 Å². The summed E-state index contributed by atoms with van der Waals surface area (Å²) in [5, 5.41) is 11.1. The van der Waals surface area contributed by atoms with Crippen molar-refractivity contribution in [2.24, 2.45) is 0 Å². The number of unbranched alkanes of at least 4 members (excludes halogenated alkanes) is 2. The molecule has 1 heterocycles. The van der Waals surface area contributed by atoms with Gasteiger partial charge in [-0.1, -0.05) is 38.0 Å². The van der Waals surface area contributed by atoms with Crippen LogP contribution >= 0.6 is 0 Å². The van der Waals surface area contributed by atoms with Gasteiger partial charge in [0.1, 0.15) is 17.3 Å². The van der Waals surface area contributed by atoms with Crippen molar-refractivity contribution < 1.29 is 24.2 Å². The standard InChI is InChI=1S/C24H27NO5/c1-4-5-8-15-25-21(18-9-6-7-10-19(18)30-3)20(23(27)24(25)28)22(26)16-11-13-17(29-2)14-12-16/h6-7,9-14,21,26H,4-5,8,15H2,1-3H3/b22-20-. The molecule has 1 unspecified atom stereocenters. The molecule has 0 aliphatic carbocycles. The molecule has 2 aromatic carbocycles. The van der Waals surface area contributed by atoms with Gasteiger partial charge >= 0.3 is 0 Å². The Morgan fingerprint density at radius 1 is 1.00 bits per heavy atom. The Bertz CT molecular complexity index is 948. The molecule has 0 radical (unpaired) electrons. The second-order valence-electron chi connectivity index (χ2n) is 7.17. The summed E-state index contributed by atoms with van der Waals surface area (Å²) in [6, 6.07) is 13.3. The molecule has 0 spiro atoms. The smallest absolute Gasteiger partial charge is 0.295 e. The minimum atomic E-state index is -0.708. The van der Waals surface area contributed by atoms with Gasteiger partial charge in [0.05, 0.1) is 25.8 Å². The number of likely N-dealkylation sites (tertiary alicyclic amines) is 1. The number of carbonyl (C=O) groups is 2. The van der Waals surface area contributed by atoms with E-state index in [1.165, 1.54) is 0 Å². The van der Waals surface area contributed by atoms with Crippen LogP contribution in [0.4, 0.5) is 0 Å². The van der Waals surface area contributed by atoms with Crippen molar-refractivity contribution in [2.45, 2.75) is 32.2 Å². The maximum atomic E-state index is 13.0. The Hall–Kier alpha value is -3.28. The third-order valence-electron chi connectivity index (χ3n) is 5.34.